The summed E-state index contributed by atoms with van der Waals surface area (Å²) in [6, 6.07) is -0.198. The Labute approximate surface area is 126 Å². The summed E-state index contributed by atoms with van der Waals surface area (Å²) in [5.41, 5.74) is 2.63. The number of rotatable bonds is 4. The molecule has 1 aliphatic carbocycles. The first-order chi connectivity index (χ1) is 9.72. The van der Waals surface area contributed by atoms with Gasteiger partial charge in [0, 0.05) is 30.7 Å². The van der Waals surface area contributed by atoms with Gasteiger partial charge in [0.25, 0.3) is 10.2 Å². The van der Waals surface area contributed by atoms with Gasteiger partial charge in [-0.2, -0.15) is 17.9 Å². The molecule has 1 spiro atoms. The van der Waals surface area contributed by atoms with Gasteiger partial charge in [0.2, 0.25) is 0 Å². The second-order valence-corrected chi connectivity index (χ2v) is 8.15. The minimum atomic E-state index is -3.44. The normalized spacial score (nSPS) is 27.4. The fourth-order valence-electron chi connectivity index (χ4n) is 3.39. The zero-order valence-electron chi connectivity index (χ0n) is 13.1. The summed E-state index contributed by atoms with van der Waals surface area (Å²) in [5.74, 6) is 1.02. The van der Waals surface area contributed by atoms with Crippen LogP contribution in [0.4, 0.5) is 0 Å². The van der Waals surface area contributed by atoms with Gasteiger partial charge in [0.1, 0.15) is 5.84 Å². The predicted octanol–water partition coefficient (Wildman–Crippen LogP) is 1.13. The molecule has 2 aliphatic heterocycles. The topological polar surface area (TPSA) is 73.8 Å². The third-order valence-electron chi connectivity index (χ3n) is 4.50. The molecule has 0 amide bonds. The van der Waals surface area contributed by atoms with Crippen LogP contribution in [-0.4, -0.2) is 43.3 Å². The Morgan fingerprint density at radius 3 is 2.57 bits per heavy atom. The van der Waals surface area contributed by atoms with Crippen LogP contribution in [0, 0.1) is 0 Å². The van der Waals surface area contributed by atoms with Crippen LogP contribution in [-0.2, 0) is 10.2 Å². The highest BCUT2D eigenvalue weighted by atomic mass is 32.2. The van der Waals surface area contributed by atoms with Gasteiger partial charge >= 0.3 is 0 Å². The Kier molecular flexibility index (Phi) is 3.42. The minimum absolute atomic E-state index is 0.0415. The zero-order chi connectivity index (χ0) is 15.4. The van der Waals surface area contributed by atoms with Gasteiger partial charge in [-0.25, -0.2) is 0 Å². The second kappa shape index (κ2) is 4.79. The lowest BCUT2D eigenvalue weighted by Gasteiger charge is -2.30. The van der Waals surface area contributed by atoms with Crippen LogP contribution in [0.5, 0.6) is 0 Å². The summed E-state index contributed by atoms with van der Waals surface area (Å²) in [4.78, 5) is 6.99. The van der Waals surface area contributed by atoms with E-state index < -0.39 is 10.2 Å². The molecule has 0 aromatic carbocycles. The lowest BCUT2D eigenvalue weighted by atomic mass is 10.0. The fraction of sp³-hybridized carbons (Fsp3) is 0.786. The van der Waals surface area contributed by atoms with E-state index in [4.69, 9.17) is 4.99 Å². The first-order valence-electron chi connectivity index (χ1n) is 7.56. The third kappa shape index (κ3) is 2.74. The van der Waals surface area contributed by atoms with E-state index >= 15 is 0 Å². The summed E-state index contributed by atoms with van der Waals surface area (Å²) < 4.78 is 29.4. The Balaban J connectivity index is 1.76. The molecule has 118 valence electrons. The van der Waals surface area contributed by atoms with Gasteiger partial charge in [-0.15, -0.1) is 0 Å². The quantitative estimate of drug-likeness (QED) is 0.817. The van der Waals surface area contributed by atoms with E-state index in [-0.39, 0.29) is 17.6 Å². The maximum absolute atomic E-state index is 12.0. The van der Waals surface area contributed by atoms with Crippen LogP contribution >= 0.6 is 0 Å². The summed E-state index contributed by atoms with van der Waals surface area (Å²) in [6.07, 6.45) is 3.00. The van der Waals surface area contributed by atoms with Gasteiger partial charge in [-0.1, -0.05) is 0 Å². The van der Waals surface area contributed by atoms with Crippen LogP contribution < -0.4 is 9.44 Å². The minimum Gasteiger partial charge on any atom is -0.332 e. The van der Waals surface area contributed by atoms with Crippen LogP contribution in [0.15, 0.2) is 16.3 Å². The molecule has 1 saturated heterocycles. The Morgan fingerprint density at radius 1 is 1.33 bits per heavy atom. The number of fused-ring (bicyclic) bond motifs is 1. The second-order valence-electron chi connectivity index (χ2n) is 6.67. The summed E-state index contributed by atoms with van der Waals surface area (Å²) >= 11 is 0. The highest BCUT2D eigenvalue weighted by Gasteiger charge is 2.50. The van der Waals surface area contributed by atoms with Crippen LogP contribution in [0.2, 0.25) is 0 Å². The van der Waals surface area contributed by atoms with Crippen molar-refractivity contribution in [3.63, 3.8) is 0 Å². The average Bonchev–Trinajstić information content (AvgIpc) is 2.97. The monoisotopic (exact) mass is 312 g/mol. The number of nitrogens with zero attached hydrogens (tertiary/aromatic N) is 2. The smallest absolute Gasteiger partial charge is 0.277 e. The van der Waals surface area contributed by atoms with Gasteiger partial charge < -0.3 is 4.90 Å². The molecule has 2 N–H and O–H groups in total. The molecule has 6 nitrogen and oxygen atoms in total. The number of hydrogen-bond donors (Lipinski definition) is 2. The number of amidine groups is 1. The summed E-state index contributed by atoms with van der Waals surface area (Å²) in [6.45, 7) is 8.47. The molecular weight excluding hydrogens is 288 g/mol. The van der Waals surface area contributed by atoms with Crippen LogP contribution in [0.1, 0.15) is 47.0 Å². The standard InChI is InChI=1S/C14H24N4O2S/c1-9(2)16-21(19,20)17-12-7-13-10(3)14(5-6-14)15-11(4)18(13)8-12/h9,12,16-17H,5-8H2,1-4H3/t12-/m0/s1. The van der Waals surface area contributed by atoms with Crippen molar-refractivity contribution >= 4 is 16.0 Å². The molecule has 0 aromatic rings. The van der Waals surface area contributed by atoms with Crippen molar-refractivity contribution in [2.24, 2.45) is 4.99 Å². The fourth-order valence-corrected chi connectivity index (χ4v) is 4.68. The predicted molar refractivity (Wildman–Crippen MR) is 83.2 cm³/mol. The Bertz CT molecular complexity index is 617. The molecule has 3 aliphatic rings. The summed E-state index contributed by atoms with van der Waals surface area (Å²) in [7, 11) is -3.44. The van der Waals surface area contributed by atoms with Gasteiger partial charge in [0.15, 0.2) is 0 Å². The molecule has 0 aromatic heterocycles. The molecule has 1 saturated carbocycles. The molecule has 7 heteroatoms. The maximum Gasteiger partial charge on any atom is 0.277 e. The SMILES string of the molecule is CC1=NC2(CC2)C(C)=C2C[C@H](NS(=O)(=O)NC(C)C)CN12. The van der Waals surface area contributed by atoms with E-state index in [0.717, 1.165) is 25.1 Å². The molecule has 0 bridgehead atoms. The van der Waals surface area contributed by atoms with Crippen LogP contribution in [0.25, 0.3) is 0 Å². The lowest BCUT2D eigenvalue weighted by Crippen LogP contribution is -2.46. The highest BCUT2D eigenvalue weighted by molar-refractivity contribution is 7.87. The third-order valence-corrected chi connectivity index (χ3v) is 5.93. The largest absolute Gasteiger partial charge is 0.332 e. The molecule has 0 radical (unpaired) electrons. The van der Waals surface area contributed by atoms with Gasteiger partial charge in [0.05, 0.1) is 5.54 Å². The lowest BCUT2D eigenvalue weighted by molar-refractivity contribution is 0.498. The van der Waals surface area contributed by atoms with Crippen molar-refractivity contribution < 1.29 is 8.42 Å². The molecular formula is C14H24N4O2S. The van der Waals surface area contributed by atoms with E-state index in [1.807, 2.05) is 20.8 Å². The number of nitrogens with one attached hydrogen (secondary N) is 2. The first-order valence-corrected chi connectivity index (χ1v) is 9.04. The highest BCUT2D eigenvalue weighted by Crippen LogP contribution is 2.51. The Hall–Kier alpha value is -0.920. The van der Waals surface area contributed by atoms with Gasteiger partial charge in [-0.05, 0) is 46.1 Å². The molecule has 21 heavy (non-hydrogen) atoms. The first kappa shape index (κ1) is 15.0. The van der Waals surface area contributed by atoms with Crippen molar-refractivity contribution in [1.82, 2.24) is 14.3 Å². The van der Waals surface area contributed by atoms with Crippen LogP contribution in [0.3, 0.4) is 0 Å². The van der Waals surface area contributed by atoms with Crippen molar-refractivity contribution in [2.45, 2.75) is 64.6 Å². The van der Waals surface area contributed by atoms with E-state index in [2.05, 4.69) is 21.3 Å². The summed E-state index contributed by atoms with van der Waals surface area (Å²) in [5, 5.41) is 0. The van der Waals surface area contributed by atoms with Crippen molar-refractivity contribution in [3.05, 3.63) is 11.3 Å². The average molecular weight is 312 g/mol. The van der Waals surface area contributed by atoms with Crippen molar-refractivity contribution in [1.29, 1.82) is 0 Å². The van der Waals surface area contributed by atoms with Crippen molar-refractivity contribution in [3.8, 4) is 0 Å². The number of hydrogen-bond acceptors (Lipinski definition) is 4. The molecule has 0 unspecified atom stereocenters. The molecule has 3 rings (SSSR count). The zero-order valence-corrected chi connectivity index (χ0v) is 13.9. The van der Waals surface area contributed by atoms with E-state index in [0.29, 0.717) is 6.54 Å². The number of aliphatic imine (C=N–C) groups is 1. The maximum atomic E-state index is 12.0. The molecule has 2 fully saturated rings. The molecule has 1 atom stereocenters. The van der Waals surface area contributed by atoms with Gasteiger partial charge in [-0.3, -0.25) is 4.99 Å². The van der Waals surface area contributed by atoms with E-state index in [1.54, 1.807) is 0 Å². The van der Waals surface area contributed by atoms with E-state index in [1.165, 1.54) is 11.3 Å². The van der Waals surface area contributed by atoms with Crippen molar-refractivity contribution in [2.75, 3.05) is 6.54 Å². The van der Waals surface area contributed by atoms with E-state index in [9.17, 15) is 8.42 Å². The molecule has 2 heterocycles. The Morgan fingerprint density at radius 2 is 2.00 bits per heavy atom.